The van der Waals surface area contributed by atoms with Crippen LogP contribution in [0.15, 0.2) is 72.9 Å². The number of hydrogen-bond acceptors (Lipinski definition) is 6. The summed E-state index contributed by atoms with van der Waals surface area (Å²) in [5.41, 5.74) is 0. The van der Waals surface area contributed by atoms with Crippen molar-refractivity contribution < 1.29 is 29.3 Å². The van der Waals surface area contributed by atoms with E-state index in [2.05, 4.69) is 57.2 Å². The summed E-state index contributed by atoms with van der Waals surface area (Å²) >= 11 is 0. The molecule has 0 spiro atoms. The van der Waals surface area contributed by atoms with Gasteiger partial charge in [0.15, 0.2) is 0 Å². The normalized spacial score (nSPS) is 14.5. The summed E-state index contributed by atoms with van der Waals surface area (Å²) in [5, 5.41) is 19.7. The molecule has 0 aromatic carbocycles. The van der Waals surface area contributed by atoms with E-state index in [-0.39, 0.29) is 31.6 Å². The molecule has 0 aliphatic rings. The molecule has 0 bridgehead atoms. The molecule has 0 aromatic heterocycles. The minimum absolute atomic E-state index is 0.152. The highest BCUT2D eigenvalue weighted by molar-refractivity contribution is 5.70. The summed E-state index contributed by atoms with van der Waals surface area (Å²) in [6.45, 7) is 6.34. The molecule has 0 aliphatic carbocycles. The van der Waals surface area contributed by atoms with Crippen molar-refractivity contribution in [3.05, 3.63) is 72.9 Å². The van der Waals surface area contributed by atoms with Crippen molar-refractivity contribution in [3.63, 3.8) is 0 Å². The first-order valence-corrected chi connectivity index (χ1v) is 18.0. The highest BCUT2D eigenvalue weighted by Gasteiger charge is 2.11. The van der Waals surface area contributed by atoms with E-state index in [0.29, 0.717) is 19.3 Å². The van der Waals surface area contributed by atoms with Crippen LogP contribution in [0.2, 0.25) is 0 Å². The number of aliphatic hydroxyl groups is 2. The molecule has 0 heterocycles. The van der Waals surface area contributed by atoms with E-state index in [1.807, 2.05) is 30.4 Å². The predicted octanol–water partition coefficient (Wildman–Crippen LogP) is 9.83. The third-order valence-corrected chi connectivity index (χ3v) is 7.59. The van der Waals surface area contributed by atoms with Crippen LogP contribution >= 0.6 is 0 Å². The van der Waals surface area contributed by atoms with Crippen molar-refractivity contribution >= 4 is 11.9 Å². The van der Waals surface area contributed by atoms with Gasteiger partial charge in [0.25, 0.3) is 0 Å². The molecule has 0 rings (SSSR count). The van der Waals surface area contributed by atoms with E-state index in [4.69, 9.17) is 9.47 Å². The van der Waals surface area contributed by atoms with Crippen LogP contribution in [-0.4, -0.2) is 47.6 Å². The average molecular weight is 643 g/mol. The van der Waals surface area contributed by atoms with Crippen molar-refractivity contribution in [1.29, 1.82) is 0 Å². The Morgan fingerprint density at radius 3 is 1.78 bits per heavy atom. The van der Waals surface area contributed by atoms with E-state index in [1.54, 1.807) is 6.08 Å². The molecule has 2 N–H and O–H groups in total. The number of allylic oxidation sites excluding steroid dienone is 10. The number of rotatable bonds is 30. The van der Waals surface area contributed by atoms with Crippen LogP contribution in [0.4, 0.5) is 0 Å². The highest BCUT2D eigenvalue weighted by Crippen LogP contribution is 2.15. The molecule has 0 radical (unpaired) electrons. The summed E-state index contributed by atoms with van der Waals surface area (Å²) < 4.78 is 10.2. The van der Waals surface area contributed by atoms with Gasteiger partial charge in [-0.2, -0.15) is 0 Å². The number of hydrogen-bond donors (Lipinski definition) is 2. The predicted molar refractivity (Wildman–Crippen MR) is 192 cm³/mol. The van der Waals surface area contributed by atoms with Gasteiger partial charge in [-0.15, -0.1) is 0 Å². The zero-order valence-corrected chi connectivity index (χ0v) is 29.3. The van der Waals surface area contributed by atoms with E-state index >= 15 is 0 Å². The van der Waals surface area contributed by atoms with Gasteiger partial charge in [-0.25, -0.2) is 0 Å². The molecule has 2 unspecified atom stereocenters. The van der Waals surface area contributed by atoms with Gasteiger partial charge in [0.05, 0.1) is 6.10 Å². The third kappa shape index (κ3) is 32.7. The summed E-state index contributed by atoms with van der Waals surface area (Å²) in [4.78, 5) is 23.8. The SMILES string of the molecule is CC/C=C\CC(O)/C=C/C=C/C/C=C\C/C=C\C/C=C\CCC(=O)OC[C@@H](O)COC(=O)CCCCCCCCCCC(C)CC. The monoisotopic (exact) mass is 642 g/mol. The second kappa shape index (κ2) is 33.7. The molecular formula is C40H66O6. The molecule has 3 atom stereocenters. The van der Waals surface area contributed by atoms with E-state index in [1.165, 1.54) is 44.9 Å². The molecule has 262 valence electrons. The first-order valence-electron chi connectivity index (χ1n) is 18.0. The standard InChI is InChI=1S/C40H66O6/c1-4-6-24-30-37(41)31-26-21-17-12-10-8-7-9-11-13-18-22-27-32-39(43)45-34-38(42)35-46-40(44)33-28-23-19-15-14-16-20-25-29-36(3)5-2/h6,8-11,17-18,21-22,24,26,31,36-38,41-42H,4-5,7,12-16,19-20,23,25,27-30,32-35H2,1-3H3/b10-8-,11-9-,21-17+,22-18-,24-6-,31-26+/t36?,37?,38-/m1/s1. The maximum atomic E-state index is 11.9. The Bertz CT molecular complexity index is 897. The van der Waals surface area contributed by atoms with Crippen molar-refractivity contribution in [2.24, 2.45) is 5.92 Å². The minimum atomic E-state index is -1.01. The summed E-state index contributed by atoms with van der Waals surface area (Å²) in [5.74, 6) is 0.160. The highest BCUT2D eigenvalue weighted by atomic mass is 16.6. The van der Waals surface area contributed by atoms with Gasteiger partial charge in [0, 0.05) is 12.8 Å². The molecule has 0 aliphatic heterocycles. The Labute approximate surface area is 281 Å². The lowest BCUT2D eigenvalue weighted by atomic mass is 9.99. The number of unbranched alkanes of at least 4 members (excludes halogenated alkanes) is 7. The molecule has 0 saturated carbocycles. The van der Waals surface area contributed by atoms with Gasteiger partial charge in [0.2, 0.25) is 0 Å². The van der Waals surface area contributed by atoms with E-state index in [0.717, 1.165) is 50.9 Å². The first kappa shape index (κ1) is 43.3. The lowest BCUT2D eigenvalue weighted by Gasteiger charge is -2.12. The van der Waals surface area contributed by atoms with Crippen LogP contribution in [0.25, 0.3) is 0 Å². The third-order valence-electron chi connectivity index (χ3n) is 7.59. The zero-order valence-electron chi connectivity index (χ0n) is 29.3. The minimum Gasteiger partial charge on any atom is -0.463 e. The van der Waals surface area contributed by atoms with Gasteiger partial charge < -0.3 is 19.7 Å². The number of aliphatic hydroxyl groups excluding tert-OH is 2. The molecule has 0 saturated heterocycles. The van der Waals surface area contributed by atoms with Crippen molar-refractivity contribution in [2.45, 2.75) is 149 Å². The van der Waals surface area contributed by atoms with Crippen LogP contribution < -0.4 is 0 Å². The molecule has 0 aromatic rings. The van der Waals surface area contributed by atoms with Crippen molar-refractivity contribution in [2.75, 3.05) is 13.2 Å². The Morgan fingerprint density at radius 1 is 0.630 bits per heavy atom. The second-order valence-electron chi connectivity index (χ2n) is 12.1. The Kier molecular flexibility index (Phi) is 31.7. The summed E-state index contributed by atoms with van der Waals surface area (Å²) in [7, 11) is 0. The van der Waals surface area contributed by atoms with Crippen LogP contribution in [0, 0.1) is 5.92 Å². The molecule has 0 amide bonds. The fraction of sp³-hybridized carbons (Fsp3) is 0.650. The number of ether oxygens (including phenoxy) is 2. The fourth-order valence-corrected chi connectivity index (χ4v) is 4.46. The van der Waals surface area contributed by atoms with Gasteiger partial charge in [0.1, 0.15) is 19.3 Å². The number of carbonyl (C=O) groups is 2. The number of carbonyl (C=O) groups excluding carboxylic acids is 2. The summed E-state index contributed by atoms with van der Waals surface area (Å²) in [6, 6.07) is 0. The first-order chi connectivity index (χ1) is 22.4. The fourth-order valence-electron chi connectivity index (χ4n) is 4.46. The molecule has 6 nitrogen and oxygen atoms in total. The smallest absolute Gasteiger partial charge is 0.306 e. The number of esters is 2. The van der Waals surface area contributed by atoms with Gasteiger partial charge in [-0.05, 0) is 50.9 Å². The Hall–Kier alpha value is -2.70. The van der Waals surface area contributed by atoms with Crippen LogP contribution in [0.1, 0.15) is 136 Å². The van der Waals surface area contributed by atoms with Crippen molar-refractivity contribution in [3.8, 4) is 0 Å². The van der Waals surface area contributed by atoms with Crippen molar-refractivity contribution in [1.82, 2.24) is 0 Å². The van der Waals surface area contributed by atoms with Gasteiger partial charge >= 0.3 is 11.9 Å². The quantitative estimate of drug-likeness (QED) is 0.0351. The lowest BCUT2D eigenvalue weighted by Crippen LogP contribution is -2.25. The van der Waals surface area contributed by atoms with Crippen LogP contribution in [0.5, 0.6) is 0 Å². The molecule has 6 heteroatoms. The molecule has 46 heavy (non-hydrogen) atoms. The van der Waals surface area contributed by atoms with E-state index < -0.39 is 12.2 Å². The maximum absolute atomic E-state index is 11.9. The topological polar surface area (TPSA) is 93.1 Å². The Morgan fingerprint density at radius 2 is 1.17 bits per heavy atom. The Balaban J connectivity index is 3.68. The second-order valence-corrected chi connectivity index (χ2v) is 12.1. The van der Waals surface area contributed by atoms with Crippen LogP contribution in [-0.2, 0) is 19.1 Å². The molecule has 0 fully saturated rings. The maximum Gasteiger partial charge on any atom is 0.306 e. The summed E-state index contributed by atoms with van der Waals surface area (Å²) in [6.07, 6.45) is 40.0. The lowest BCUT2D eigenvalue weighted by molar-refractivity contribution is -0.152. The largest absolute Gasteiger partial charge is 0.463 e. The zero-order chi connectivity index (χ0) is 33.9. The molecular weight excluding hydrogens is 576 g/mol. The average Bonchev–Trinajstić information content (AvgIpc) is 3.05. The van der Waals surface area contributed by atoms with Crippen LogP contribution in [0.3, 0.4) is 0 Å². The van der Waals surface area contributed by atoms with E-state index in [9.17, 15) is 19.8 Å². The van der Waals surface area contributed by atoms with Gasteiger partial charge in [-0.3, -0.25) is 9.59 Å². The van der Waals surface area contributed by atoms with Gasteiger partial charge in [-0.1, -0.05) is 151 Å².